The number of nitriles is 1. The standard InChI is InChI=1S/C28H30N11O11P/c1-14-10-38(27(43)32-24(14)40)22-7-18(34-36-30)20(48-22)12-46-51(45,50-26(42)17-5-3-16(9-29)4-6-17)47-13-21-19(35-37-31)8-23(49-21)39-11-15(2)25(41)33-28(39)44/h3-6,10-11,18-23,26,42H,7-8,12-13H2,1-2H3,(H,32,40,43)(H,33,41,44)/t18-,19-,20+,21+,22+,23+,26?/m0/s1. The lowest BCUT2D eigenvalue weighted by atomic mass is 10.1. The Kier molecular flexibility index (Phi) is 11.4. The van der Waals surface area contributed by atoms with Crippen LogP contribution in [-0.2, 0) is 27.6 Å². The zero-order chi connectivity index (χ0) is 36.9. The molecule has 0 spiro atoms. The van der Waals surface area contributed by atoms with Crippen LogP contribution in [0.25, 0.3) is 20.9 Å². The fourth-order valence-corrected chi connectivity index (χ4v) is 6.60. The molecule has 0 aliphatic carbocycles. The summed E-state index contributed by atoms with van der Waals surface area (Å²) < 4.78 is 44.7. The topological polar surface area (TPSA) is 314 Å². The van der Waals surface area contributed by atoms with Gasteiger partial charge in [-0.05, 0) is 37.0 Å². The van der Waals surface area contributed by atoms with Crippen molar-refractivity contribution < 1.29 is 32.7 Å². The largest absolute Gasteiger partial charge is 0.477 e. The lowest BCUT2D eigenvalue weighted by Gasteiger charge is -2.25. The third kappa shape index (κ3) is 8.53. The molecule has 5 rings (SSSR count). The van der Waals surface area contributed by atoms with Crippen LogP contribution in [0.4, 0.5) is 0 Å². The van der Waals surface area contributed by atoms with Gasteiger partial charge < -0.3 is 14.6 Å². The Morgan fingerprint density at radius 3 is 1.78 bits per heavy atom. The summed E-state index contributed by atoms with van der Waals surface area (Å²) in [5, 5.41) is 27.3. The first-order valence-electron chi connectivity index (χ1n) is 15.1. The third-order valence-electron chi connectivity index (χ3n) is 8.07. The summed E-state index contributed by atoms with van der Waals surface area (Å²) in [5.41, 5.74) is 16.3. The molecule has 2 aromatic heterocycles. The van der Waals surface area contributed by atoms with E-state index in [0.717, 1.165) is 9.13 Å². The summed E-state index contributed by atoms with van der Waals surface area (Å²) >= 11 is 0. The molecule has 1 aromatic carbocycles. The maximum atomic E-state index is 14.2. The number of hydrogen-bond donors (Lipinski definition) is 3. The Balaban J connectivity index is 1.38. The molecule has 0 bridgehead atoms. The van der Waals surface area contributed by atoms with Crippen molar-refractivity contribution >= 4 is 7.82 Å². The molecule has 22 nitrogen and oxygen atoms in total. The summed E-state index contributed by atoms with van der Waals surface area (Å²) in [6.07, 6.45) is -3.82. The quantitative estimate of drug-likeness (QED) is 0.0751. The molecule has 2 aliphatic heterocycles. The van der Waals surface area contributed by atoms with Crippen LogP contribution in [0.5, 0.6) is 0 Å². The van der Waals surface area contributed by atoms with Gasteiger partial charge in [0.05, 0.1) is 49.1 Å². The van der Waals surface area contributed by atoms with Crippen LogP contribution in [0.15, 0.2) is 66.1 Å². The van der Waals surface area contributed by atoms with Gasteiger partial charge in [0, 0.05) is 51.7 Å². The zero-order valence-corrected chi connectivity index (χ0v) is 27.7. The van der Waals surface area contributed by atoms with Crippen LogP contribution in [0.3, 0.4) is 0 Å². The number of phosphoric acid groups is 1. The van der Waals surface area contributed by atoms with Crippen LogP contribution in [-0.4, -0.2) is 61.7 Å². The van der Waals surface area contributed by atoms with E-state index in [1.807, 2.05) is 6.07 Å². The van der Waals surface area contributed by atoms with E-state index in [9.17, 15) is 39.9 Å². The monoisotopic (exact) mass is 727 g/mol. The first kappa shape index (κ1) is 36.9. The van der Waals surface area contributed by atoms with Crippen LogP contribution in [0, 0.1) is 25.2 Å². The number of H-pyrrole nitrogens is 2. The maximum absolute atomic E-state index is 14.2. The summed E-state index contributed by atoms with van der Waals surface area (Å²) in [6, 6.07) is 5.42. The molecular formula is C28H30N11O11P. The Bertz CT molecular complexity index is 2080. The highest BCUT2D eigenvalue weighted by atomic mass is 31.2. The molecule has 7 atom stereocenters. The number of aliphatic hydroxyl groups is 1. The van der Waals surface area contributed by atoms with E-state index in [1.165, 1.54) is 50.5 Å². The predicted octanol–water partition coefficient (Wildman–Crippen LogP) is 2.36. The van der Waals surface area contributed by atoms with Gasteiger partial charge in [-0.25, -0.2) is 14.2 Å². The minimum atomic E-state index is -4.86. The second-order valence-corrected chi connectivity index (χ2v) is 13.1. The van der Waals surface area contributed by atoms with E-state index in [-0.39, 0.29) is 35.1 Å². The maximum Gasteiger partial charge on any atom is 0.477 e. The van der Waals surface area contributed by atoms with E-state index in [4.69, 9.17) is 28.3 Å². The van der Waals surface area contributed by atoms with E-state index < -0.39 is 86.6 Å². The van der Waals surface area contributed by atoms with E-state index in [2.05, 4.69) is 30.0 Å². The normalized spacial score (nSPS) is 24.5. The molecule has 3 aromatic rings. The van der Waals surface area contributed by atoms with Gasteiger partial charge in [0.15, 0.2) is 6.29 Å². The molecular weight excluding hydrogens is 697 g/mol. The van der Waals surface area contributed by atoms with E-state index in [1.54, 1.807) is 0 Å². The molecule has 0 saturated carbocycles. The number of nitrogens with one attached hydrogen (secondary N) is 2. The number of ether oxygens (including phenoxy) is 2. The lowest BCUT2D eigenvalue weighted by Crippen LogP contribution is -2.33. The molecule has 268 valence electrons. The molecule has 3 N–H and O–H groups in total. The fourth-order valence-electron chi connectivity index (χ4n) is 5.38. The molecule has 2 aliphatic rings. The van der Waals surface area contributed by atoms with Crippen molar-refractivity contribution in [1.82, 2.24) is 19.1 Å². The first-order valence-corrected chi connectivity index (χ1v) is 16.6. The highest BCUT2D eigenvalue weighted by Crippen LogP contribution is 2.54. The number of aromatic nitrogens is 4. The second kappa shape index (κ2) is 15.7. The molecule has 0 amide bonds. The average Bonchev–Trinajstić information content (AvgIpc) is 3.70. The van der Waals surface area contributed by atoms with Crippen molar-refractivity contribution in [3.05, 3.63) is 121 Å². The molecule has 2 saturated heterocycles. The number of rotatable bonds is 13. The molecule has 1 unspecified atom stereocenters. The zero-order valence-electron chi connectivity index (χ0n) is 26.8. The number of azide groups is 2. The van der Waals surface area contributed by atoms with Gasteiger partial charge in [-0.3, -0.25) is 42.3 Å². The summed E-state index contributed by atoms with van der Waals surface area (Å²) in [7, 11) is -4.86. The minimum absolute atomic E-state index is 0.0436. The van der Waals surface area contributed by atoms with Crippen molar-refractivity contribution in [2.45, 2.75) is 69.7 Å². The van der Waals surface area contributed by atoms with Gasteiger partial charge in [-0.1, -0.05) is 22.4 Å². The van der Waals surface area contributed by atoms with Crippen molar-refractivity contribution in [2.75, 3.05) is 13.2 Å². The molecule has 51 heavy (non-hydrogen) atoms. The molecule has 2 fully saturated rings. The lowest BCUT2D eigenvalue weighted by molar-refractivity contribution is -0.0759. The number of benzene rings is 1. The number of aromatic amines is 2. The fraction of sp³-hybridized carbons (Fsp3) is 0.464. The van der Waals surface area contributed by atoms with Crippen molar-refractivity contribution in [3.63, 3.8) is 0 Å². The Hall–Kier alpha value is -5.32. The van der Waals surface area contributed by atoms with Gasteiger partial charge in [-0.2, -0.15) is 5.26 Å². The number of aliphatic hydroxyl groups excluding tert-OH is 1. The van der Waals surface area contributed by atoms with Gasteiger partial charge in [0.2, 0.25) is 0 Å². The highest BCUT2D eigenvalue weighted by molar-refractivity contribution is 7.48. The first-order chi connectivity index (χ1) is 24.3. The van der Waals surface area contributed by atoms with Crippen molar-refractivity contribution in [2.24, 2.45) is 10.2 Å². The molecule has 0 radical (unpaired) electrons. The third-order valence-corrected chi connectivity index (χ3v) is 9.46. The SMILES string of the molecule is Cc1cn([C@H]2C[C@H](N=[N+]=[N-])[C@@H](COP(=O)(OC[C@H]3O[C@@H](n4cc(C)c(=O)[nH]c4=O)C[C@@H]3N=[N+]=[N-])OC(O)c3ccc(C#N)cc3)O2)c(=O)[nH]c1=O. The van der Waals surface area contributed by atoms with Gasteiger partial charge in [-0.15, -0.1) is 0 Å². The van der Waals surface area contributed by atoms with Crippen LogP contribution >= 0.6 is 7.82 Å². The highest BCUT2D eigenvalue weighted by Gasteiger charge is 2.42. The van der Waals surface area contributed by atoms with Gasteiger partial charge >= 0.3 is 19.2 Å². The smallest absolute Gasteiger partial charge is 0.364 e. The van der Waals surface area contributed by atoms with Crippen molar-refractivity contribution in [1.29, 1.82) is 5.26 Å². The average molecular weight is 728 g/mol. The summed E-state index contributed by atoms with van der Waals surface area (Å²) in [6.45, 7) is 1.69. The van der Waals surface area contributed by atoms with Crippen LogP contribution in [0.1, 0.15) is 53.8 Å². The summed E-state index contributed by atoms with van der Waals surface area (Å²) in [4.78, 5) is 58.7. The molecule has 23 heteroatoms. The Morgan fingerprint density at radius 2 is 1.37 bits per heavy atom. The van der Waals surface area contributed by atoms with Crippen LogP contribution in [0.2, 0.25) is 0 Å². The van der Waals surface area contributed by atoms with Gasteiger partial charge in [0.1, 0.15) is 12.5 Å². The second-order valence-electron chi connectivity index (χ2n) is 11.5. The number of nitrogens with zero attached hydrogens (tertiary/aromatic N) is 9. The van der Waals surface area contributed by atoms with E-state index in [0.29, 0.717) is 0 Å². The number of aryl methyl sites for hydroxylation is 2. The Morgan fingerprint density at radius 1 is 0.922 bits per heavy atom. The minimum Gasteiger partial charge on any atom is -0.364 e. The van der Waals surface area contributed by atoms with Crippen LogP contribution < -0.4 is 22.5 Å². The van der Waals surface area contributed by atoms with Crippen molar-refractivity contribution in [3.8, 4) is 6.07 Å². The predicted molar refractivity (Wildman–Crippen MR) is 172 cm³/mol. The molecule has 4 heterocycles. The summed E-state index contributed by atoms with van der Waals surface area (Å²) in [5.74, 6) is 0. The van der Waals surface area contributed by atoms with Gasteiger partial charge in [0.25, 0.3) is 11.1 Å². The number of phosphoric ester groups is 1. The Labute approximate surface area is 285 Å². The van der Waals surface area contributed by atoms with E-state index >= 15 is 0 Å². The number of hydrogen-bond acceptors (Lipinski definition) is 14.